The molecule has 0 fully saturated rings. The van der Waals surface area contributed by atoms with Gasteiger partial charge < -0.3 is 9.88 Å². The quantitative estimate of drug-likeness (QED) is 0.793. The van der Waals surface area contributed by atoms with E-state index in [1.165, 1.54) is 5.56 Å². The maximum absolute atomic E-state index is 4.32. The lowest BCUT2D eigenvalue weighted by atomic mass is 10.3. The molecule has 0 aliphatic rings. The molecule has 3 heterocycles. The molecule has 0 aromatic carbocycles. The molecule has 0 amide bonds. The monoisotopic (exact) mass is 273 g/mol. The molecule has 0 saturated heterocycles. The molecule has 3 aromatic rings. The Kier molecular flexibility index (Phi) is 3.16. The zero-order valence-corrected chi connectivity index (χ0v) is 11.7. The van der Waals surface area contributed by atoms with Gasteiger partial charge in [-0.25, -0.2) is 15.0 Å². The van der Waals surface area contributed by atoms with E-state index < -0.39 is 0 Å². The molecule has 0 aliphatic heterocycles. The highest BCUT2D eigenvalue weighted by Gasteiger charge is 2.07. The molecular formula is C13H15N5S. The fourth-order valence-electron chi connectivity index (χ4n) is 2.03. The van der Waals surface area contributed by atoms with Gasteiger partial charge in [0, 0.05) is 32.4 Å². The smallest absolute Gasteiger partial charge is 0.147 e. The van der Waals surface area contributed by atoms with Crippen LogP contribution in [0.15, 0.2) is 24.1 Å². The number of fused-ring (bicyclic) bond motifs is 1. The standard InChI is InChI=1S/C13H15N5S/c1-9-7-19-12-11(9)16-8-17-13(12)15-4-3-10-14-5-6-18(10)2/h5-8H,3-4H2,1-2H3,(H,15,16,17). The first-order valence-corrected chi connectivity index (χ1v) is 7.02. The van der Waals surface area contributed by atoms with E-state index in [1.807, 2.05) is 24.0 Å². The number of aromatic nitrogens is 4. The highest BCUT2D eigenvalue weighted by atomic mass is 32.1. The van der Waals surface area contributed by atoms with Crippen molar-refractivity contribution in [3.8, 4) is 0 Å². The second-order valence-corrected chi connectivity index (χ2v) is 5.33. The number of nitrogens with zero attached hydrogens (tertiary/aromatic N) is 4. The van der Waals surface area contributed by atoms with Gasteiger partial charge in [0.2, 0.25) is 0 Å². The predicted molar refractivity (Wildman–Crippen MR) is 77.6 cm³/mol. The fourth-order valence-corrected chi connectivity index (χ4v) is 2.99. The van der Waals surface area contributed by atoms with Gasteiger partial charge in [-0.05, 0) is 17.9 Å². The topological polar surface area (TPSA) is 55.6 Å². The molecule has 98 valence electrons. The van der Waals surface area contributed by atoms with Gasteiger partial charge in [-0.1, -0.05) is 0 Å². The molecule has 0 saturated carbocycles. The molecule has 1 N–H and O–H groups in total. The third kappa shape index (κ3) is 2.31. The number of thiophene rings is 1. The van der Waals surface area contributed by atoms with Crippen LogP contribution in [0.1, 0.15) is 11.4 Å². The maximum Gasteiger partial charge on any atom is 0.147 e. The van der Waals surface area contributed by atoms with Crippen LogP contribution in [0.5, 0.6) is 0 Å². The SMILES string of the molecule is Cc1csc2c(NCCc3nccn3C)ncnc12. The zero-order chi connectivity index (χ0) is 13.2. The molecule has 3 rings (SSSR count). The number of hydrogen-bond acceptors (Lipinski definition) is 5. The zero-order valence-electron chi connectivity index (χ0n) is 10.9. The van der Waals surface area contributed by atoms with Crippen LogP contribution >= 0.6 is 11.3 Å². The summed E-state index contributed by atoms with van der Waals surface area (Å²) < 4.78 is 3.16. The minimum absolute atomic E-state index is 0.813. The minimum atomic E-state index is 0.813. The number of imidazole rings is 1. The van der Waals surface area contributed by atoms with Crippen molar-refractivity contribution in [1.29, 1.82) is 0 Å². The van der Waals surface area contributed by atoms with Crippen LogP contribution in [0, 0.1) is 6.92 Å². The lowest BCUT2D eigenvalue weighted by Crippen LogP contribution is -2.09. The van der Waals surface area contributed by atoms with Crippen LogP contribution < -0.4 is 5.32 Å². The Bertz CT molecular complexity index is 700. The summed E-state index contributed by atoms with van der Waals surface area (Å²) in [6.45, 7) is 2.89. The summed E-state index contributed by atoms with van der Waals surface area (Å²) in [4.78, 5) is 12.9. The summed E-state index contributed by atoms with van der Waals surface area (Å²) in [6, 6.07) is 0. The number of hydrogen-bond donors (Lipinski definition) is 1. The van der Waals surface area contributed by atoms with Gasteiger partial charge in [-0.2, -0.15) is 0 Å². The summed E-state index contributed by atoms with van der Waals surface area (Å²) >= 11 is 1.68. The van der Waals surface area contributed by atoms with E-state index in [1.54, 1.807) is 17.7 Å². The summed E-state index contributed by atoms with van der Waals surface area (Å²) in [5, 5.41) is 5.49. The first-order chi connectivity index (χ1) is 9.25. The summed E-state index contributed by atoms with van der Waals surface area (Å²) in [7, 11) is 2.01. The number of anilines is 1. The number of aryl methyl sites for hydroxylation is 2. The highest BCUT2D eigenvalue weighted by molar-refractivity contribution is 7.18. The van der Waals surface area contributed by atoms with E-state index in [4.69, 9.17) is 0 Å². The van der Waals surface area contributed by atoms with E-state index >= 15 is 0 Å². The molecule has 0 aliphatic carbocycles. The van der Waals surface area contributed by atoms with Crippen LogP contribution in [0.3, 0.4) is 0 Å². The van der Waals surface area contributed by atoms with E-state index in [0.29, 0.717) is 0 Å². The van der Waals surface area contributed by atoms with Crippen LogP contribution in [0.2, 0.25) is 0 Å². The molecule has 0 unspecified atom stereocenters. The third-order valence-electron chi connectivity index (χ3n) is 3.09. The van der Waals surface area contributed by atoms with Crippen LogP contribution in [0.4, 0.5) is 5.82 Å². The molecule has 3 aromatic heterocycles. The minimum Gasteiger partial charge on any atom is -0.368 e. The average molecular weight is 273 g/mol. The van der Waals surface area contributed by atoms with Crippen LogP contribution in [0.25, 0.3) is 10.2 Å². The first-order valence-electron chi connectivity index (χ1n) is 6.14. The number of nitrogens with one attached hydrogen (secondary N) is 1. The Morgan fingerprint density at radius 3 is 3.00 bits per heavy atom. The Balaban J connectivity index is 1.74. The molecule has 0 atom stereocenters. The Hall–Kier alpha value is -1.95. The van der Waals surface area contributed by atoms with E-state index in [0.717, 1.165) is 34.8 Å². The first kappa shape index (κ1) is 12.1. The van der Waals surface area contributed by atoms with Gasteiger partial charge in [0.1, 0.15) is 18.0 Å². The number of rotatable bonds is 4. The van der Waals surface area contributed by atoms with Crippen molar-refractivity contribution < 1.29 is 0 Å². The molecule has 5 nitrogen and oxygen atoms in total. The Morgan fingerprint density at radius 1 is 1.32 bits per heavy atom. The normalized spacial score (nSPS) is 11.1. The molecule has 19 heavy (non-hydrogen) atoms. The lowest BCUT2D eigenvalue weighted by Gasteiger charge is -2.06. The summed E-state index contributed by atoms with van der Waals surface area (Å²) in [5.74, 6) is 1.98. The molecule has 0 bridgehead atoms. The van der Waals surface area contributed by atoms with Crippen molar-refractivity contribution in [2.75, 3.05) is 11.9 Å². The van der Waals surface area contributed by atoms with Crippen molar-refractivity contribution in [1.82, 2.24) is 19.5 Å². The predicted octanol–water partition coefficient (Wildman–Crippen LogP) is 2.39. The van der Waals surface area contributed by atoms with Gasteiger partial charge >= 0.3 is 0 Å². The maximum atomic E-state index is 4.32. The van der Waals surface area contributed by atoms with Gasteiger partial charge in [-0.15, -0.1) is 11.3 Å². The van der Waals surface area contributed by atoms with E-state index in [-0.39, 0.29) is 0 Å². The van der Waals surface area contributed by atoms with Gasteiger partial charge in [0.05, 0.1) is 10.2 Å². The van der Waals surface area contributed by atoms with Gasteiger partial charge in [0.25, 0.3) is 0 Å². The molecule has 0 spiro atoms. The molecule has 0 radical (unpaired) electrons. The Labute approximate surface area is 115 Å². The van der Waals surface area contributed by atoms with Crippen molar-refractivity contribution in [3.05, 3.63) is 35.5 Å². The van der Waals surface area contributed by atoms with Gasteiger partial charge in [0.15, 0.2) is 0 Å². The van der Waals surface area contributed by atoms with E-state index in [9.17, 15) is 0 Å². The second kappa shape index (κ2) is 4.97. The average Bonchev–Trinajstić information content (AvgIpc) is 2.98. The second-order valence-electron chi connectivity index (χ2n) is 4.45. The summed E-state index contributed by atoms with van der Waals surface area (Å²) in [6.07, 6.45) is 6.27. The lowest BCUT2D eigenvalue weighted by molar-refractivity contribution is 0.789. The van der Waals surface area contributed by atoms with Crippen LogP contribution in [-0.2, 0) is 13.5 Å². The highest BCUT2D eigenvalue weighted by Crippen LogP contribution is 2.28. The largest absolute Gasteiger partial charge is 0.368 e. The van der Waals surface area contributed by atoms with Crippen molar-refractivity contribution in [2.24, 2.45) is 7.05 Å². The third-order valence-corrected chi connectivity index (χ3v) is 4.19. The van der Waals surface area contributed by atoms with E-state index in [2.05, 4.69) is 32.6 Å². The van der Waals surface area contributed by atoms with Crippen molar-refractivity contribution in [2.45, 2.75) is 13.3 Å². The summed E-state index contributed by atoms with van der Waals surface area (Å²) in [5.41, 5.74) is 2.24. The van der Waals surface area contributed by atoms with Crippen molar-refractivity contribution >= 4 is 27.4 Å². The molecule has 6 heteroatoms. The Morgan fingerprint density at radius 2 is 2.21 bits per heavy atom. The van der Waals surface area contributed by atoms with Crippen molar-refractivity contribution in [3.63, 3.8) is 0 Å². The van der Waals surface area contributed by atoms with Crippen LogP contribution in [-0.4, -0.2) is 26.1 Å². The molecular weight excluding hydrogens is 258 g/mol. The fraction of sp³-hybridized carbons (Fsp3) is 0.308. The van der Waals surface area contributed by atoms with Gasteiger partial charge in [-0.3, -0.25) is 0 Å².